The van der Waals surface area contributed by atoms with Crippen LogP contribution in [0.4, 0.5) is 5.69 Å². The lowest BCUT2D eigenvalue weighted by molar-refractivity contribution is 0.0703. The zero-order valence-electron chi connectivity index (χ0n) is 12.2. The Morgan fingerprint density at radius 2 is 1.80 bits per heavy atom. The molecule has 0 bridgehead atoms. The normalized spacial score (nSPS) is 10.8. The molecule has 0 amide bonds. The van der Waals surface area contributed by atoms with Crippen molar-refractivity contribution in [3.05, 3.63) is 39.3 Å². The Bertz CT molecular complexity index is 663. The molecule has 0 aliphatic heterocycles. The zero-order valence-corrected chi connectivity index (χ0v) is 13.0. The van der Waals surface area contributed by atoms with E-state index < -0.39 is 5.97 Å². The molecule has 0 spiro atoms. The SMILES string of the molecule is CCc1c(-c2c(C)cc(C)cc2C)sc(C(=O)O)c1N. The number of aryl methyl sites for hydroxylation is 3. The van der Waals surface area contributed by atoms with Crippen LogP contribution in [0, 0.1) is 20.8 Å². The lowest BCUT2D eigenvalue weighted by Crippen LogP contribution is -1.99. The van der Waals surface area contributed by atoms with Crippen molar-refractivity contribution < 1.29 is 9.90 Å². The molecule has 2 rings (SSSR count). The van der Waals surface area contributed by atoms with Crippen LogP contribution in [0.25, 0.3) is 10.4 Å². The molecule has 106 valence electrons. The van der Waals surface area contributed by atoms with Crippen LogP contribution < -0.4 is 5.73 Å². The molecule has 0 fully saturated rings. The summed E-state index contributed by atoms with van der Waals surface area (Å²) in [6.45, 7) is 8.19. The van der Waals surface area contributed by atoms with Gasteiger partial charge in [0.05, 0.1) is 5.69 Å². The van der Waals surface area contributed by atoms with E-state index in [1.54, 1.807) is 0 Å². The Balaban J connectivity index is 2.76. The maximum Gasteiger partial charge on any atom is 0.348 e. The average molecular weight is 289 g/mol. The molecule has 0 saturated carbocycles. The second-order valence-corrected chi connectivity index (χ2v) is 6.11. The predicted octanol–water partition coefficient (Wildman–Crippen LogP) is 4.18. The molecule has 0 saturated heterocycles. The number of nitrogen functional groups attached to an aromatic ring is 1. The summed E-state index contributed by atoms with van der Waals surface area (Å²) in [5, 5.41) is 9.26. The molecule has 1 heterocycles. The highest BCUT2D eigenvalue weighted by atomic mass is 32.1. The summed E-state index contributed by atoms with van der Waals surface area (Å²) in [6.07, 6.45) is 0.734. The largest absolute Gasteiger partial charge is 0.477 e. The topological polar surface area (TPSA) is 63.3 Å². The van der Waals surface area contributed by atoms with Gasteiger partial charge in [-0.1, -0.05) is 24.6 Å². The van der Waals surface area contributed by atoms with Crippen molar-refractivity contribution in [1.29, 1.82) is 0 Å². The second kappa shape index (κ2) is 5.29. The summed E-state index contributed by atoms with van der Waals surface area (Å²) in [7, 11) is 0. The van der Waals surface area contributed by atoms with Crippen molar-refractivity contribution in [1.82, 2.24) is 0 Å². The summed E-state index contributed by atoms with van der Waals surface area (Å²) in [5.74, 6) is -0.948. The van der Waals surface area contributed by atoms with Crippen molar-refractivity contribution in [2.75, 3.05) is 5.73 Å². The number of rotatable bonds is 3. The minimum Gasteiger partial charge on any atom is -0.477 e. The van der Waals surface area contributed by atoms with Crippen LogP contribution in [-0.2, 0) is 6.42 Å². The van der Waals surface area contributed by atoms with E-state index in [2.05, 4.69) is 32.9 Å². The lowest BCUT2D eigenvalue weighted by Gasteiger charge is -2.11. The Morgan fingerprint density at radius 3 is 2.25 bits per heavy atom. The maximum atomic E-state index is 11.3. The van der Waals surface area contributed by atoms with E-state index >= 15 is 0 Å². The molecule has 20 heavy (non-hydrogen) atoms. The summed E-state index contributed by atoms with van der Waals surface area (Å²) < 4.78 is 0. The second-order valence-electron chi connectivity index (χ2n) is 5.08. The fourth-order valence-corrected chi connectivity index (χ4v) is 4.05. The van der Waals surface area contributed by atoms with E-state index in [4.69, 9.17) is 5.73 Å². The standard InChI is InChI=1S/C16H19NO2S/c1-5-11-13(17)15(16(18)19)20-14(11)12-9(3)6-8(2)7-10(12)4/h6-7H,5,17H2,1-4H3,(H,18,19). The molecule has 0 aliphatic rings. The number of carboxylic acid groups (broad SMARTS) is 1. The molecular formula is C16H19NO2S. The Morgan fingerprint density at radius 1 is 1.25 bits per heavy atom. The Kier molecular flexibility index (Phi) is 3.86. The van der Waals surface area contributed by atoms with Crippen LogP contribution in [0.3, 0.4) is 0 Å². The van der Waals surface area contributed by atoms with Crippen LogP contribution in [0.5, 0.6) is 0 Å². The van der Waals surface area contributed by atoms with Gasteiger partial charge in [0.2, 0.25) is 0 Å². The average Bonchev–Trinajstić information content (AvgIpc) is 2.65. The monoisotopic (exact) mass is 289 g/mol. The predicted molar refractivity (Wildman–Crippen MR) is 84.7 cm³/mol. The number of aromatic carboxylic acids is 1. The molecular weight excluding hydrogens is 270 g/mol. The quantitative estimate of drug-likeness (QED) is 0.890. The molecule has 0 radical (unpaired) electrons. The fourth-order valence-electron chi connectivity index (χ4n) is 2.73. The van der Waals surface area contributed by atoms with Crippen molar-refractivity contribution in [2.24, 2.45) is 0 Å². The third-order valence-electron chi connectivity index (χ3n) is 3.50. The molecule has 2 aromatic rings. The third kappa shape index (κ3) is 2.31. The fraction of sp³-hybridized carbons (Fsp3) is 0.312. The van der Waals surface area contributed by atoms with Crippen LogP contribution in [0.2, 0.25) is 0 Å². The highest BCUT2D eigenvalue weighted by Crippen LogP contribution is 2.41. The van der Waals surface area contributed by atoms with Crippen LogP contribution in [-0.4, -0.2) is 11.1 Å². The zero-order chi connectivity index (χ0) is 15.0. The first kappa shape index (κ1) is 14.6. The van der Waals surface area contributed by atoms with Gasteiger partial charge in [-0.2, -0.15) is 0 Å². The first-order valence-corrected chi connectivity index (χ1v) is 7.41. The number of hydrogen-bond donors (Lipinski definition) is 2. The van der Waals surface area contributed by atoms with Gasteiger partial charge in [0.1, 0.15) is 4.88 Å². The van der Waals surface area contributed by atoms with Gasteiger partial charge in [-0.3, -0.25) is 0 Å². The van der Waals surface area contributed by atoms with Crippen molar-refractivity contribution in [2.45, 2.75) is 34.1 Å². The molecule has 4 heteroatoms. The minimum absolute atomic E-state index is 0.247. The Labute approximate surface area is 123 Å². The summed E-state index contributed by atoms with van der Waals surface area (Å²) in [4.78, 5) is 12.5. The first-order valence-electron chi connectivity index (χ1n) is 6.59. The molecule has 3 nitrogen and oxygen atoms in total. The van der Waals surface area contributed by atoms with Gasteiger partial charge in [-0.15, -0.1) is 11.3 Å². The number of hydrogen-bond acceptors (Lipinski definition) is 3. The number of anilines is 1. The Hall–Kier alpha value is -1.81. The minimum atomic E-state index is -0.948. The van der Waals surface area contributed by atoms with Crippen LogP contribution >= 0.6 is 11.3 Å². The van der Waals surface area contributed by atoms with Crippen LogP contribution in [0.1, 0.15) is 38.8 Å². The summed E-state index contributed by atoms with van der Waals surface area (Å²) in [6, 6.07) is 4.25. The van der Waals surface area contributed by atoms with Gasteiger partial charge in [-0.05, 0) is 49.4 Å². The number of carboxylic acids is 1. The van der Waals surface area contributed by atoms with E-state index in [-0.39, 0.29) is 4.88 Å². The van der Waals surface area contributed by atoms with Gasteiger partial charge in [0.15, 0.2) is 0 Å². The molecule has 3 N–H and O–H groups in total. The van der Waals surface area contributed by atoms with Gasteiger partial charge in [0.25, 0.3) is 0 Å². The van der Waals surface area contributed by atoms with Gasteiger partial charge >= 0.3 is 5.97 Å². The molecule has 0 aliphatic carbocycles. The molecule has 0 unspecified atom stereocenters. The van der Waals surface area contributed by atoms with E-state index in [0.29, 0.717) is 5.69 Å². The van der Waals surface area contributed by atoms with E-state index in [0.717, 1.165) is 33.6 Å². The van der Waals surface area contributed by atoms with Crippen molar-refractivity contribution >= 4 is 23.0 Å². The number of benzene rings is 1. The van der Waals surface area contributed by atoms with Crippen molar-refractivity contribution in [3.63, 3.8) is 0 Å². The molecule has 0 atom stereocenters. The molecule has 1 aromatic heterocycles. The smallest absolute Gasteiger partial charge is 0.348 e. The lowest BCUT2D eigenvalue weighted by atomic mass is 9.95. The highest BCUT2D eigenvalue weighted by Gasteiger charge is 2.22. The summed E-state index contributed by atoms with van der Waals surface area (Å²) in [5.41, 5.74) is 12.0. The van der Waals surface area contributed by atoms with E-state index in [1.165, 1.54) is 16.9 Å². The van der Waals surface area contributed by atoms with E-state index in [9.17, 15) is 9.90 Å². The van der Waals surface area contributed by atoms with E-state index in [1.807, 2.05) is 6.92 Å². The highest BCUT2D eigenvalue weighted by molar-refractivity contribution is 7.18. The maximum absolute atomic E-state index is 11.3. The molecule has 1 aromatic carbocycles. The number of thiophene rings is 1. The van der Waals surface area contributed by atoms with Crippen LogP contribution in [0.15, 0.2) is 12.1 Å². The van der Waals surface area contributed by atoms with Crippen molar-refractivity contribution in [3.8, 4) is 10.4 Å². The van der Waals surface area contributed by atoms with Gasteiger partial charge in [-0.25, -0.2) is 4.79 Å². The third-order valence-corrected chi connectivity index (χ3v) is 4.75. The number of carbonyl (C=O) groups is 1. The first-order chi connectivity index (χ1) is 9.36. The van der Waals surface area contributed by atoms with Gasteiger partial charge < -0.3 is 10.8 Å². The summed E-state index contributed by atoms with van der Waals surface area (Å²) >= 11 is 1.28. The number of nitrogens with two attached hydrogens (primary N) is 1. The van der Waals surface area contributed by atoms with Gasteiger partial charge in [0, 0.05) is 4.88 Å².